The Morgan fingerprint density at radius 2 is 1.86 bits per heavy atom. The van der Waals surface area contributed by atoms with E-state index in [1.54, 1.807) is 12.2 Å². The summed E-state index contributed by atoms with van der Waals surface area (Å²) in [5, 5.41) is 17.1. The van der Waals surface area contributed by atoms with Crippen molar-refractivity contribution in [1.82, 2.24) is 0 Å². The summed E-state index contributed by atoms with van der Waals surface area (Å²) in [7, 11) is -1.28. The molecule has 14 heavy (non-hydrogen) atoms. The van der Waals surface area contributed by atoms with Crippen LogP contribution in [0.2, 0.25) is 6.32 Å². The van der Waals surface area contributed by atoms with Crippen molar-refractivity contribution in [3.63, 3.8) is 0 Å². The number of rotatable bonds is 5. The number of allylic oxidation sites excluding steroid dienone is 1. The summed E-state index contributed by atoms with van der Waals surface area (Å²) in [5.41, 5.74) is 0. The third-order valence-corrected chi connectivity index (χ3v) is 1.60. The average molecular weight is 192 g/mol. The molecule has 1 rings (SSSR count). The van der Waals surface area contributed by atoms with Gasteiger partial charge in [-0.2, -0.15) is 0 Å². The van der Waals surface area contributed by atoms with Crippen molar-refractivity contribution in [3.8, 4) is 5.75 Å². The summed E-state index contributed by atoms with van der Waals surface area (Å²) >= 11 is 0. The minimum absolute atomic E-state index is 0.234. The van der Waals surface area contributed by atoms with Gasteiger partial charge in [0.05, 0.1) is 0 Å². The quantitative estimate of drug-likeness (QED) is 0.542. The van der Waals surface area contributed by atoms with Crippen LogP contribution in [0.3, 0.4) is 0 Å². The molecule has 0 aliphatic rings. The Balaban J connectivity index is 2.19. The van der Waals surface area contributed by atoms with Crippen LogP contribution >= 0.6 is 0 Å². The van der Waals surface area contributed by atoms with E-state index in [1.165, 1.54) is 0 Å². The first-order valence-electron chi connectivity index (χ1n) is 4.48. The second-order valence-corrected chi connectivity index (χ2v) is 2.81. The van der Waals surface area contributed by atoms with Crippen LogP contribution in [0.1, 0.15) is 0 Å². The minimum Gasteiger partial charge on any atom is -0.490 e. The predicted octanol–water partition coefficient (Wildman–Crippen LogP) is 1.09. The van der Waals surface area contributed by atoms with Crippen LogP contribution in [0, 0.1) is 0 Å². The smallest absolute Gasteiger partial charge is 0.455 e. The zero-order valence-electron chi connectivity index (χ0n) is 7.84. The lowest BCUT2D eigenvalue weighted by Crippen LogP contribution is -2.07. The van der Waals surface area contributed by atoms with E-state index in [0.717, 1.165) is 5.75 Å². The minimum atomic E-state index is -1.28. The van der Waals surface area contributed by atoms with Crippen molar-refractivity contribution in [2.75, 3.05) is 6.61 Å². The van der Waals surface area contributed by atoms with Crippen LogP contribution in [0.25, 0.3) is 0 Å². The molecular weight excluding hydrogens is 179 g/mol. The van der Waals surface area contributed by atoms with Crippen molar-refractivity contribution < 1.29 is 14.8 Å². The molecule has 0 aliphatic heterocycles. The fourth-order valence-electron chi connectivity index (χ4n) is 0.947. The van der Waals surface area contributed by atoms with Gasteiger partial charge in [0.25, 0.3) is 0 Å². The molecule has 4 heteroatoms. The molecule has 0 saturated heterocycles. The van der Waals surface area contributed by atoms with E-state index in [1.807, 2.05) is 30.3 Å². The van der Waals surface area contributed by atoms with E-state index in [9.17, 15) is 0 Å². The molecule has 0 spiro atoms. The summed E-state index contributed by atoms with van der Waals surface area (Å²) < 4.78 is 5.34. The molecule has 0 atom stereocenters. The Morgan fingerprint density at radius 3 is 2.50 bits per heavy atom. The number of ether oxygens (including phenoxy) is 1. The van der Waals surface area contributed by atoms with Gasteiger partial charge < -0.3 is 14.8 Å². The summed E-state index contributed by atoms with van der Waals surface area (Å²) in [6.07, 6.45) is 3.66. The zero-order chi connectivity index (χ0) is 10.2. The lowest BCUT2D eigenvalue weighted by molar-refractivity contribution is 0.362. The second kappa shape index (κ2) is 6.24. The van der Waals surface area contributed by atoms with Crippen LogP contribution < -0.4 is 4.74 Å². The van der Waals surface area contributed by atoms with Crippen LogP contribution in [-0.2, 0) is 0 Å². The number of benzene rings is 1. The second-order valence-electron chi connectivity index (χ2n) is 2.81. The van der Waals surface area contributed by atoms with Crippen LogP contribution in [0.5, 0.6) is 5.75 Å². The number of para-hydroxylation sites is 1. The monoisotopic (exact) mass is 192 g/mol. The highest BCUT2D eigenvalue weighted by Gasteiger charge is 2.00. The fraction of sp³-hybridized carbons (Fsp3) is 0.200. The van der Waals surface area contributed by atoms with E-state index >= 15 is 0 Å². The highest BCUT2D eigenvalue weighted by atomic mass is 16.5. The third-order valence-electron chi connectivity index (χ3n) is 1.60. The number of hydrogen-bond donors (Lipinski definition) is 2. The van der Waals surface area contributed by atoms with Crippen molar-refractivity contribution in [2.24, 2.45) is 0 Å². The van der Waals surface area contributed by atoms with Gasteiger partial charge in [-0.1, -0.05) is 30.4 Å². The first-order chi connectivity index (χ1) is 6.79. The summed E-state index contributed by atoms with van der Waals surface area (Å²) in [4.78, 5) is 0. The molecule has 3 nitrogen and oxygen atoms in total. The van der Waals surface area contributed by atoms with Gasteiger partial charge in [0, 0.05) is 6.32 Å². The van der Waals surface area contributed by atoms with Crippen LogP contribution in [-0.4, -0.2) is 23.8 Å². The lowest BCUT2D eigenvalue weighted by atomic mass is 9.86. The lowest BCUT2D eigenvalue weighted by Gasteiger charge is -2.01. The predicted molar refractivity (Wildman–Crippen MR) is 56.1 cm³/mol. The average Bonchev–Trinajstić information content (AvgIpc) is 2.18. The molecular formula is C10H13BO3. The topological polar surface area (TPSA) is 49.7 Å². The van der Waals surface area contributed by atoms with Crippen molar-refractivity contribution >= 4 is 7.12 Å². The molecule has 2 N–H and O–H groups in total. The van der Waals surface area contributed by atoms with Crippen molar-refractivity contribution in [1.29, 1.82) is 0 Å². The van der Waals surface area contributed by atoms with Gasteiger partial charge in [-0.15, -0.1) is 0 Å². The molecule has 0 unspecified atom stereocenters. The molecule has 0 radical (unpaired) electrons. The first-order valence-corrected chi connectivity index (χ1v) is 4.48. The molecule has 0 fully saturated rings. The number of hydrogen-bond acceptors (Lipinski definition) is 3. The normalized spacial score (nSPS) is 10.4. The molecule has 0 aromatic heterocycles. The Bertz CT molecular complexity index is 272. The van der Waals surface area contributed by atoms with Gasteiger partial charge in [-0.05, 0) is 12.1 Å². The molecule has 0 heterocycles. The zero-order valence-corrected chi connectivity index (χ0v) is 7.84. The summed E-state index contributed by atoms with van der Waals surface area (Å²) in [6.45, 7) is 0.441. The van der Waals surface area contributed by atoms with Crippen molar-refractivity contribution in [3.05, 3.63) is 42.5 Å². The summed E-state index contributed by atoms with van der Waals surface area (Å²) in [5.74, 6) is 0.807. The molecule has 0 amide bonds. The van der Waals surface area contributed by atoms with E-state index in [-0.39, 0.29) is 6.32 Å². The van der Waals surface area contributed by atoms with E-state index in [0.29, 0.717) is 6.61 Å². The van der Waals surface area contributed by atoms with E-state index in [2.05, 4.69) is 0 Å². The molecule has 0 aliphatic carbocycles. The Labute approximate surface area is 83.8 Å². The van der Waals surface area contributed by atoms with Gasteiger partial charge in [-0.3, -0.25) is 0 Å². The molecule has 0 bridgehead atoms. The maximum atomic E-state index is 8.53. The van der Waals surface area contributed by atoms with Crippen molar-refractivity contribution in [2.45, 2.75) is 6.32 Å². The van der Waals surface area contributed by atoms with E-state index in [4.69, 9.17) is 14.8 Å². The maximum absolute atomic E-state index is 8.53. The standard InChI is InChI=1S/C10H13BO3/c12-11(13)8-4-5-9-14-10-6-2-1-3-7-10/h1-7,12-13H,8-9H2/b5-4+. The largest absolute Gasteiger partial charge is 0.490 e. The van der Waals surface area contributed by atoms with Crippen LogP contribution in [0.15, 0.2) is 42.5 Å². The van der Waals surface area contributed by atoms with Gasteiger partial charge in [0.1, 0.15) is 12.4 Å². The molecule has 1 aromatic rings. The molecule has 1 aromatic carbocycles. The Kier molecular flexibility index (Phi) is 4.82. The van der Waals surface area contributed by atoms with Gasteiger partial charge in [0.2, 0.25) is 0 Å². The third kappa shape index (κ3) is 4.69. The van der Waals surface area contributed by atoms with Gasteiger partial charge in [-0.25, -0.2) is 0 Å². The van der Waals surface area contributed by atoms with E-state index < -0.39 is 7.12 Å². The maximum Gasteiger partial charge on any atom is 0.455 e. The first kappa shape index (κ1) is 10.8. The highest BCUT2D eigenvalue weighted by Crippen LogP contribution is 2.07. The summed E-state index contributed by atoms with van der Waals surface area (Å²) in [6, 6.07) is 9.46. The highest BCUT2D eigenvalue weighted by molar-refractivity contribution is 6.41. The molecule has 74 valence electrons. The van der Waals surface area contributed by atoms with Gasteiger partial charge >= 0.3 is 7.12 Å². The Hall–Kier alpha value is -1.26. The van der Waals surface area contributed by atoms with Crippen LogP contribution in [0.4, 0.5) is 0 Å². The molecule has 0 saturated carbocycles. The van der Waals surface area contributed by atoms with Gasteiger partial charge in [0.15, 0.2) is 0 Å². The SMILES string of the molecule is OB(O)C/C=C/COc1ccccc1. The Morgan fingerprint density at radius 1 is 1.14 bits per heavy atom. The fourth-order valence-corrected chi connectivity index (χ4v) is 0.947.